The number of hydrogen-bond donors (Lipinski definition) is 1. The van der Waals surface area contributed by atoms with Crippen molar-refractivity contribution in [2.75, 3.05) is 6.54 Å². The van der Waals surface area contributed by atoms with Crippen molar-refractivity contribution in [3.63, 3.8) is 0 Å². The topological polar surface area (TPSA) is 46.0 Å². The zero-order chi connectivity index (χ0) is 14.7. The van der Waals surface area contributed by atoms with E-state index in [1.165, 1.54) is 38.5 Å². The first-order valence-corrected chi connectivity index (χ1v) is 8.67. The first kappa shape index (κ1) is 15.0. The summed E-state index contributed by atoms with van der Waals surface area (Å²) in [6.07, 6.45) is 9.79. The molecule has 0 aliphatic carbocycles. The summed E-state index contributed by atoms with van der Waals surface area (Å²) in [5, 5.41) is 12.2. The molecule has 3 heterocycles. The number of aryl methyl sites for hydroxylation is 1. The number of fused-ring (bicyclic) bond motifs is 2. The Morgan fingerprint density at radius 2 is 2.00 bits per heavy atom. The molecule has 5 heteroatoms. The molecule has 1 N–H and O–H groups in total. The highest BCUT2D eigenvalue weighted by atomic mass is 15.3. The predicted molar refractivity (Wildman–Crippen MR) is 84.0 cm³/mol. The maximum Gasteiger partial charge on any atom is 0.147 e. The van der Waals surface area contributed by atoms with E-state index < -0.39 is 0 Å². The van der Waals surface area contributed by atoms with Gasteiger partial charge < -0.3 is 9.88 Å². The molecule has 118 valence electrons. The van der Waals surface area contributed by atoms with E-state index in [2.05, 4.69) is 38.8 Å². The lowest BCUT2D eigenvalue weighted by atomic mass is 9.81. The number of rotatable bonds is 6. The van der Waals surface area contributed by atoms with Crippen molar-refractivity contribution >= 4 is 0 Å². The Kier molecular flexibility index (Phi) is 4.91. The van der Waals surface area contributed by atoms with Crippen molar-refractivity contribution in [2.45, 2.75) is 83.6 Å². The van der Waals surface area contributed by atoms with Gasteiger partial charge in [0.1, 0.15) is 12.2 Å². The van der Waals surface area contributed by atoms with Crippen molar-refractivity contribution in [1.29, 1.82) is 0 Å². The molecule has 1 aromatic rings. The van der Waals surface area contributed by atoms with E-state index in [0.29, 0.717) is 0 Å². The summed E-state index contributed by atoms with van der Waals surface area (Å²) in [7, 11) is 0. The summed E-state index contributed by atoms with van der Waals surface area (Å²) in [4.78, 5) is 2.71. The SMILES string of the molecule is CCCNC1CC2CCCC(C1)N2Cc1nncn1CC. The van der Waals surface area contributed by atoms with E-state index in [4.69, 9.17) is 0 Å². The summed E-state index contributed by atoms with van der Waals surface area (Å²) >= 11 is 0. The second kappa shape index (κ2) is 6.88. The number of hydrogen-bond acceptors (Lipinski definition) is 4. The Balaban J connectivity index is 1.66. The fourth-order valence-corrected chi connectivity index (χ4v) is 4.08. The lowest BCUT2D eigenvalue weighted by Crippen LogP contribution is -2.56. The summed E-state index contributed by atoms with van der Waals surface area (Å²) in [6.45, 7) is 7.51. The summed E-state index contributed by atoms with van der Waals surface area (Å²) in [5.74, 6) is 1.13. The summed E-state index contributed by atoms with van der Waals surface area (Å²) in [5.41, 5.74) is 0. The monoisotopic (exact) mass is 291 g/mol. The minimum atomic E-state index is 0.723. The molecule has 1 aromatic heterocycles. The average Bonchev–Trinajstić information content (AvgIpc) is 2.92. The minimum absolute atomic E-state index is 0.723. The normalized spacial score (nSPS) is 29.7. The van der Waals surface area contributed by atoms with Crippen LogP contribution in [0.4, 0.5) is 0 Å². The fraction of sp³-hybridized carbons (Fsp3) is 0.875. The molecule has 21 heavy (non-hydrogen) atoms. The van der Waals surface area contributed by atoms with Gasteiger partial charge in [-0.25, -0.2) is 0 Å². The quantitative estimate of drug-likeness (QED) is 0.872. The molecule has 0 spiro atoms. The van der Waals surface area contributed by atoms with Crippen LogP contribution in [0.2, 0.25) is 0 Å². The third-order valence-corrected chi connectivity index (χ3v) is 5.17. The Hall–Kier alpha value is -0.940. The van der Waals surface area contributed by atoms with Crippen molar-refractivity contribution in [3.8, 4) is 0 Å². The van der Waals surface area contributed by atoms with Crippen molar-refractivity contribution in [3.05, 3.63) is 12.2 Å². The molecule has 0 amide bonds. The van der Waals surface area contributed by atoms with Gasteiger partial charge in [0, 0.05) is 24.7 Å². The van der Waals surface area contributed by atoms with Crippen LogP contribution in [0.15, 0.2) is 6.33 Å². The highest BCUT2D eigenvalue weighted by Crippen LogP contribution is 2.35. The maximum atomic E-state index is 4.33. The third-order valence-electron chi connectivity index (χ3n) is 5.17. The molecule has 2 aliphatic rings. The Labute approximate surface area is 128 Å². The van der Waals surface area contributed by atoms with Crippen LogP contribution >= 0.6 is 0 Å². The van der Waals surface area contributed by atoms with Gasteiger partial charge in [-0.2, -0.15) is 0 Å². The first-order chi connectivity index (χ1) is 10.3. The van der Waals surface area contributed by atoms with E-state index in [0.717, 1.165) is 43.6 Å². The van der Waals surface area contributed by atoms with Gasteiger partial charge in [0.2, 0.25) is 0 Å². The van der Waals surface area contributed by atoms with E-state index in [1.54, 1.807) is 0 Å². The zero-order valence-electron chi connectivity index (χ0n) is 13.5. The van der Waals surface area contributed by atoms with Gasteiger partial charge in [-0.3, -0.25) is 4.90 Å². The maximum absolute atomic E-state index is 4.33. The summed E-state index contributed by atoms with van der Waals surface area (Å²) in [6, 6.07) is 2.18. The molecule has 2 saturated heterocycles. The van der Waals surface area contributed by atoms with Crippen LogP contribution < -0.4 is 5.32 Å². The van der Waals surface area contributed by atoms with Gasteiger partial charge in [0.15, 0.2) is 0 Å². The fourth-order valence-electron chi connectivity index (χ4n) is 4.08. The standard InChI is InChI=1S/C16H29N5/c1-3-8-17-13-9-14-6-5-7-15(10-13)21(14)11-16-19-18-12-20(16)4-2/h12-15,17H,3-11H2,1-2H3. The smallest absolute Gasteiger partial charge is 0.147 e. The molecule has 3 rings (SSSR count). The predicted octanol–water partition coefficient (Wildman–Crippen LogP) is 2.18. The van der Waals surface area contributed by atoms with Gasteiger partial charge in [0.25, 0.3) is 0 Å². The van der Waals surface area contributed by atoms with Crippen LogP contribution in [0.25, 0.3) is 0 Å². The number of aromatic nitrogens is 3. The number of nitrogens with zero attached hydrogens (tertiary/aromatic N) is 4. The lowest BCUT2D eigenvalue weighted by Gasteiger charge is -2.49. The second-order valence-corrected chi connectivity index (χ2v) is 6.57. The van der Waals surface area contributed by atoms with Crippen molar-refractivity contribution < 1.29 is 0 Å². The van der Waals surface area contributed by atoms with Crippen LogP contribution in [0.5, 0.6) is 0 Å². The minimum Gasteiger partial charge on any atom is -0.317 e. The van der Waals surface area contributed by atoms with E-state index >= 15 is 0 Å². The molecule has 2 bridgehead atoms. The average molecular weight is 291 g/mol. The van der Waals surface area contributed by atoms with Gasteiger partial charge in [-0.05, 0) is 45.6 Å². The zero-order valence-corrected chi connectivity index (χ0v) is 13.5. The van der Waals surface area contributed by atoms with Crippen LogP contribution in [-0.2, 0) is 13.1 Å². The largest absolute Gasteiger partial charge is 0.317 e. The number of piperidine rings is 2. The third kappa shape index (κ3) is 3.29. The van der Waals surface area contributed by atoms with Gasteiger partial charge >= 0.3 is 0 Å². The van der Waals surface area contributed by atoms with Crippen LogP contribution in [-0.4, -0.2) is 44.3 Å². The van der Waals surface area contributed by atoms with Crippen LogP contribution in [0.1, 0.15) is 58.2 Å². The molecule has 0 aromatic carbocycles. The number of nitrogens with one attached hydrogen (secondary N) is 1. The van der Waals surface area contributed by atoms with Crippen molar-refractivity contribution in [2.24, 2.45) is 0 Å². The van der Waals surface area contributed by atoms with E-state index in [1.807, 2.05) is 6.33 Å². The molecule has 2 fully saturated rings. The van der Waals surface area contributed by atoms with Crippen LogP contribution in [0.3, 0.4) is 0 Å². The van der Waals surface area contributed by atoms with E-state index in [9.17, 15) is 0 Å². The molecular formula is C16H29N5. The van der Waals surface area contributed by atoms with Crippen molar-refractivity contribution in [1.82, 2.24) is 25.0 Å². The van der Waals surface area contributed by atoms with Crippen LogP contribution in [0, 0.1) is 0 Å². The summed E-state index contributed by atoms with van der Waals surface area (Å²) < 4.78 is 2.18. The van der Waals surface area contributed by atoms with E-state index in [-0.39, 0.29) is 0 Å². The molecule has 5 nitrogen and oxygen atoms in total. The van der Waals surface area contributed by atoms with Gasteiger partial charge in [-0.15, -0.1) is 10.2 Å². The molecule has 2 atom stereocenters. The molecule has 0 radical (unpaired) electrons. The molecule has 2 unspecified atom stereocenters. The molecule has 2 aliphatic heterocycles. The Morgan fingerprint density at radius 3 is 2.67 bits per heavy atom. The molecule has 0 saturated carbocycles. The highest BCUT2D eigenvalue weighted by Gasteiger charge is 2.38. The second-order valence-electron chi connectivity index (χ2n) is 6.57. The highest BCUT2D eigenvalue weighted by molar-refractivity contribution is 4.98. The van der Waals surface area contributed by atoms with Gasteiger partial charge in [0.05, 0.1) is 6.54 Å². The van der Waals surface area contributed by atoms with Gasteiger partial charge in [-0.1, -0.05) is 13.3 Å². The Morgan fingerprint density at radius 1 is 1.24 bits per heavy atom. The Bertz CT molecular complexity index is 430. The first-order valence-electron chi connectivity index (χ1n) is 8.67. The molecular weight excluding hydrogens is 262 g/mol. The lowest BCUT2D eigenvalue weighted by molar-refractivity contribution is 0.0149.